The van der Waals surface area contributed by atoms with Crippen LogP contribution >= 0.6 is 11.6 Å². The van der Waals surface area contributed by atoms with Crippen molar-refractivity contribution in [3.8, 4) is 0 Å². The Morgan fingerprint density at radius 3 is 2.58 bits per heavy atom. The molecule has 6 nitrogen and oxygen atoms in total. The van der Waals surface area contributed by atoms with Gasteiger partial charge in [0.2, 0.25) is 5.96 Å². The number of para-hydroxylation sites is 1. The first-order chi connectivity index (χ1) is 12.5. The van der Waals surface area contributed by atoms with Crippen LogP contribution in [0.2, 0.25) is 5.02 Å². The van der Waals surface area contributed by atoms with E-state index in [1.165, 1.54) is 12.1 Å². The van der Waals surface area contributed by atoms with Crippen LogP contribution in [-0.2, 0) is 10.0 Å². The zero-order chi connectivity index (χ0) is 18.6. The van der Waals surface area contributed by atoms with Gasteiger partial charge in [0.15, 0.2) is 0 Å². The molecule has 0 amide bonds. The molecule has 0 fully saturated rings. The van der Waals surface area contributed by atoms with Crippen molar-refractivity contribution in [3.63, 3.8) is 0 Å². The van der Waals surface area contributed by atoms with Crippen LogP contribution in [0.5, 0.6) is 0 Å². The Hall–Kier alpha value is -2.38. The van der Waals surface area contributed by atoms with Crippen LogP contribution < -0.4 is 5.32 Å². The fourth-order valence-electron chi connectivity index (χ4n) is 2.47. The van der Waals surface area contributed by atoms with Gasteiger partial charge in [-0.25, -0.2) is 5.01 Å². The monoisotopic (exact) mass is 390 g/mol. The predicted octanol–water partition coefficient (Wildman–Crippen LogP) is 3.82. The molecule has 26 heavy (non-hydrogen) atoms. The zero-order valence-electron chi connectivity index (χ0n) is 14.2. The van der Waals surface area contributed by atoms with Crippen molar-refractivity contribution in [2.75, 3.05) is 11.9 Å². The van der Waals surface area contributed by atoms with E-state index in [4.69, 9.17) is 11.6 Å². The van der Waals surface area contributed by atoms with Crippen molar-refractivity contribution in [1.82, 2.24) is 5.01 Å². The van der Waals surface area contributed by atoms with Gasteiger partial charge in [0.1, 0.15) is 4.90 Å². The first-order valence-corrected chi connectivity index (χ1v) is 10.0. The first-order valence-electron chi connectivity index (χ1n) is 8.23. The van der Waals surface area contributed by atoms with Crippen molar-refractivity contribution in [1.29, 1.82) is 0 Å². The molecule has 2 aromatic carbocycles. The van der Waals surface area contributed by atoms with E-state index in [9.17, 15) is 8.42 Å². The van der Waals surface area contributed by atoms with Gasteiger partial charge in [0.05, 0.1) is 11.6 Å². The maximum atomic E-state index is 12.8. The first kappa shape index (κ1) is 18.4. The Bertz CT molecular complexity index is 929. The van der Waals surface area contributed by atoms with Gasteiger partial charge in [0.25, 0.3) is 10.0 Å². The second-order valence-electron chi connectivity index (χ2n) is 5.83. The number of guanidine groups is 1. The van der Waals surface area contributed by atoms with Crippen molar-refractivity contribution < 1.29 is 8.42 Å². The number of nitrogens with zero attached hydrogens (tertiary/aromatic N) is 3. The summed E-state index contributed by atoms with van der Waals surface area (Å²) in [6.45, 7) is 2.62. The fraction of sp³-hybridized carbons (Fsp3) is 0.222. The summed E-state index contributed by atoms with van der Waals surface area (Å²) in [5, 5.41) is 9.05. The van der Waals surface area contributed by atoms with Gasteiger partial charge in [-0.1, -0.05) is 48.9 Å². The summed E-state index contributed by atoms with van der Waals surface area (Å²) in [5.41, 5.74) is 0.718. The van der Waals surface area contributed by atoms with E-state index in [1.807, 2.05) is 36.5 Å². The van der Waals surface area contributed by atoms with Gasteiger partial charge in [-0.05, 0) is 30.7 Å². The normalized spacial score (nSPS) is 17.5. The largest absolute Gasteiger partial charge is 0.324 e. The molecule has 0 bridgehead atoms. The summed E-state index contributed by atoms with van der Waals surface area (Å²) in [4.78, 5) is -0.0377. The molecule has 0 saturated carbocycles. The molecule has 0 saturated heterocycles. The number of hydrazone groups is 1. The lowest BCUT2D eigenvalue weighted by molar-refractivity contribution is 0.439. The number of nitrogens with one attached hydrogen (secondary N) is 1. The Morgan fingerprint density at radius 2 is 1.92 bits per heavy atom. The lowest BCUT2D eigenvalue weighted by atomic mass is 10.1. The van der Waals surface area contributed by atoms with E-state index in [0.29, 0.717) is 6.54 Å². The molecular formula is C18H19ClN4O2S. The van der Waals surface area contributed by atoms with Crippen LogP contribution in [-0.4, -0.2) is 32.1 Å². The van der Waals surface area contributed by atoms with E-state index in [-0.39, 0.29) is 21.8 Å². The van der Waals surface area contributed by atoms with Crippen molar-refractivity contribution in [2.24, 2.45) is 15.4 Å². The topological polar surface area (TPSA) is 74.1 Å². The van der Waals surface area contributed by atoms with Gasteiger partial charge in [-0.3, -0.25) is 0 Å². The third-order valence-corrected chi connectivity index (χ3v) is 5.71. The minimum atomic E-state index is -3.99. The molecule has 0 spiro atoms. The second kappa shape index (κ2) is 7.88. The molecule has 1 aliphatic heterocycles. The standard InChI is InChI=1S/C18H19ClN4O2S/c1-2-14-12-20-23(13-14)18(21-15-8-4-3-5-9-15)22-26(24,25)17-11-7-6-10-16(17)19/h3-12,14H,2,13H2,1H3,(H,21,22). The van der Waals surface area contributed by atoms with Gasteiger partial charge < -0.3 is 5.32 Å². The van der Waals surface area contributed by atoms with E-state index in [0.717, 1.165) is 12.1 Å². The van der Waals surface area contributed by atoms with Crippen LogP contribution in [0.4, 0.5) is 5.69 Å². The predicted molar refractivity (Wildman–Crippen MR) is 105 cm³/mol. The van der Waals surface area contributed by atoms with E-state index in [2.05, 4.69) is 21.7 Å². The molecule has 1 N–H and O–H groups in total. The molecule has 3 rings (SSSR count). The smallest absolute Gasteiger partial charge is 0.287 e. The highest BCUT2D eigenvalue weighted by molar-refractivity contribution is 7.90. The SMILES string of the molecule is CCC1C=NN(C(=NS(=O)(=O)c2ccccc2Cl)Nc2ccccc2)C1. The van der Waals surface area contributed by atoms with Crippen molar-refractivity contribution in [3.05, 3.63) is 59.6 Å². The summed E-state index contributed by atoms with van der Waals surface area (Å²) in [5.74, 6) is 0.393. The quantitative estimate of drug-likeness (QED) is 0.636. The van der Waals surface area contributed by atoms with Gasteiger partial charge in [-0.15, -0.1) is 4.40 Å². The highest BCUT2D eigenvalue weighted by Crippen LogP contribution is 2.23. The highest BCUT2D eigenvalue weighted by Gasteiger charge is 2.25. The zero-order valence-corrected chi connectivity index (χ0v) is 15.8. The molecule has 1 unspecified atom stereocenters. The highest BCUT2D eigenvalue weighted by atomic mass is 35.5. The maximum absolute atomic E-state index is 12.8. The molecule has 0 aliphatic carbocycles. The van der Waals surface area contributed by atoms with Crippen LogP contribution in [0.3, 0.4) is 0 Å². The molecule has 1 heterocycles. The molecule has 136 valence electrons. The third-order valence-electron chi connectivity index (χ3n) is 3.94. The Kier molecular flexibility index (Phi) is 5.58. The lowest BCUT2D eigenvalue weighted by Crippen LogP contribution is -2.33. The van der Waals surface area contributed by atoms with Gasteiger partial charge >= 0.3 is 0 Å². The number of sulfonamides is 1. The number of rotatable bonds is 4. The number of anilines is 1. The van der Waals surface area contributed by atoms with Crippen LogP contribution in [0.1, 0.15) is 13.3 Å². The van der Waals surface area contributed by atoms with E-state index in [1.54, 1.807) is 17.1 Å². The molecule has 8 heteroatoms. The van der Waals surface area contributed by atoms with E-state index < -0.39 is 10.0 Å². The third kappa shape index (κ3) is 4.23. The summed E-state index contributed by atoms with van der Waals surface area (Å²) >= 11 is 6.05. The van der Waals surface area contributed by atoms with Gasteiger partial charge in [0, 0.05) is 17.8 Å². The number of hydrogen-bond donors (Lipinski definition) is 1. The molecular weight excluding hydrogens is 372 g/mol. The summed E-state index contributed by atoms with van der Waals surface area (Å²) in [6, 6.07) is 15.5. The molecule has 0 aromatic heterocycles. The lowest BCUT2D eigenvalue weighted by Gasteiger charge is -2.19. The Balaban J connectivity index is 1.98. The average molecular weight is 391 g/mol. The van der Waals surface area contributed by atoms with Gasteiger partial charge in [-0.2, -0.15) is 13.5 Å². The Morgan fingerprint density at radius 1 is 1.23 bits per heavy atom. The van der Waals surface area contributed by atoms with E-state index >= 15 is 0 Å². The van der Waals surface area contributed by atoms with Crippen molar-refractivity contribution >= 4 is 39.5 Å². The minimum Gasteiger partial charge on any atom is -0.324 e. The molecule has 1 atom stereocenters. The van der Waals surface area contributed by atoms with Crippen LogP contribution in [0.25, 0.3) is 0 Å². The Labute approximate surface area is 158 Å². The molecule has 1 aliphatic rings. The number of halogens is 1. The summed E-state index contributed by atoms with van der Waals surface area (Å²) in [7, 11) is -3.99. The summed E-state index contributed by atoms with van der Waals surface area (Å²) in [6.07, 6.45) is 2.72. The van der Waals surface area contributed by atoms with Crippen molar-refractivity contribution in [2.45, 2.75) is 18.2 Å². The molecule has 0 radical (unpaired) electrons. The average Bonchev–Trinajstić information content (AvgIpc) is 3.11. The summed E-state index contributed by atoms with van der Waals surface area (Å²) < 4.78 is 29.5. The van der Waals surface area contributed by atoms with Crippen LogP contribution in [0.15, 0.2) is 69.0 Å². The number of hydrogen-bond acceptors (Lipinski definition) is 3. The second-order valence-corrected chi connectivity index (χ2v) is 7.81. The fourth-order valence-corrected chi connectivity index (χ4v) is 3.93. The maximum Gasteiger partial charge on any atom is 0.287 e. The minimum absolute atomic E-state index is 0.0377. The van der Waals surface area contributed by atoms with Crippen LogP contribution in [0, 0.1) is 5.92 Å². The number of benzene rings is 2. The molecule has 2 aromatic rings.